The first-order valence-electron chi connectivity index (χ1n) is 8.87. The molecule has 0 rings (SSSR count). The molecule has 0 spiro atoms. The number of halogens is 6. The van der Waals surface area contributed by atoms with Gasteiger partial charge in [0.05, 0.1) is 0 Å². The van der Waals surface area contributed by atoms with E-state index < -0.39 is 30.1 Å². The van der Waals surface area contributed by atoms with Crippen LogP contribution < -0.4 is 0 Å². The molecule has 0 saturated heterocycles. The van der Waals surface area contributed by atoms with Crippen molar-refractivity contribution in [3.05, 3.63) is 0 Å². The smallest absolute Gasteiger partial charge is 0.244 e. The quantitative estimate of drug-likeness (QED) is 0.410. The van der Waals surface area contributed by atoms with Gasteiger partial charge in [-0.25, -0.2) is 13.2 Å². The van der Waals surface area contributed by atoms with Gasteiger partial charge >= 0.3 is 6.18 Å². The number of hydrogen-bond acceptors (Lipinski definition) is 0. The Morgan fingerprint density at radius 2 is 0.846 bits per heavy atom. The van der Waals surface area contributed by atoms with Gasteiger partial charge in [-0.1, -0.05) is 62.3 Å². The fourth-order valence-corrected chi connectivity index (χ4v) is 2.33. The molecule has 0 atom stereocenters. The summed E-state index contributed by atoms with van der Waals surface area (Å²) in [6.45, 7) is 19.5. The molecule has 0 aliphatic carbocycles. The average molecular weight is 395 g/mol. The summed E-state index contributed by atoms with van der Waals surface area (Å²) in [5.74, 6) is 0. The molecule has 0 nitrogen and oxygen atoms in total. The molecular weight excluding hydrogens is 354 g/mol. The van der Waals surface area contributed by atoms with Crippen molar-refractivity contribution >= 4 is 0 Å². The lowest BCUT2D eigenvalue weighted by molar-refractivity contribution is -0.152. The summed E-state index contributed by atoms with van der Waals surface area (Å²) >= 11 is 0. The Labute approximate surface area is 157 Å². The summed E-state index contributed by atoms with van der Waals surface area (Å²) in [5, 5.41) is 0. The van der Waals surface area contributed by atoms with E-state index in [9.17, 15) is 26.3 Å². The summed E-state index contributed by atoms with van der Waals surface area (Å²) in [7, 11) is 0. The largest absolute Gasteiger partial charge is 0.389 e. The number of rotatable bonds is 2. The molecule has 0 saturated carbocycles. The van der Waals surface area contributed by atoms with Gasteiger partial charge in [-0.3, -0.25) is 0 Å². The van der Waals surface area contributed by atoms with E-state index in [4.69, 9.17) is 0 Å². The molecule has 0 aromatic heterocycles. The summed E-state index contributed by atoms with van der Waals surface area (Å²) in [6, 6.07) is 0. The average Bonchev–Trinajstić information content (AvgIpc) is 1.99. The van der Waals surface area contributed by atoms with Gasteiger partial charge in [0.1, 0.15) is 5.67 Å². The Morgan fingerprint density at radius 3 is 0.846 bits per heavy atom. The Bertz CT molecular complexity index is 293. The molecule has 0 radical (unpaired) electrons. The fraction of sp³-hybridized carbons (Fsp3) is 1.00. The molecule has 0 fully saturated rings. The highest BCUT2D eigenvalue weighted by Gasteiger charge is 2.33. The lowest BCUT2D eigenvalue weighted by Gasteiger charge is -2.25. The Balaban J connectivity index is -0.000000306. The molecule has 0 aliphatic rings. The van der Waals surface area contributed by atoms with Crippen LogP contribution in [0.25, 0.3) is 0 Å². The Hall–Kier alpha value is -0.420. The van der Waals surface area contributed by atoms with E-state index in [1.807, 2.05) is 20.8 Å². The third-order valence-electron chi connectivity index (χ3n) is 2.45. The lowest BCUT2D eigenvalue weighted by Crippen LogP contribution is -2.21. The van der Waals surface area contributed by atoms with Crippen molar-refractivity contribution in [2.24, 2.45) is 16.2 Å². The van der Waals surface area contributed by atoms with Crippen LogP contribution in [0.15, 0.2) is 0 Å². The normalized spacial score (nSPS) is 13.6. The molecule has 0 aliphatic heterocycles. The predicted octanol–water partition coefficient (Wildman–Crippen LogP) is 8.84. The maximum absolute atomic E-state index is 12.9. The van der Waals surface area contributed by atoms with Gasteiger partial charge in [-0.05, 0) is 36.5 Å². The van der Waals surface area contributed by atoms with E-state index in [1.54, 1.807) is 55.4 Å². The molecule has 0 N–H and O–H groups in total. The van der Waals surface area contributed by atoms with Crippen LogP contribution in [0.5, 0.6) is 0 Å². The molecule has 0 bridgehead atoms. The Kier molecular flexibility index (Phi) is 12.6. The molecule has 6 heteroatoms. The second kappa shape index (κ2) is 10.8. The molecule has 0 aromatic rings. The van der Waals surface area contributed by atoms with Gasteiger partial charge in [-0.2, -0.15) is 13.2 Å². The van der Waals surface area contributed by atoms with Gasteiger partial charge in [0.2, 0.25) is 6.43 Å². The minimum Gasteiger partial charge on any atom is -0.244 e. The van der Waals surface area contributed by atoms with Crippen LogP contribution in [0.2, 0.25) is 0 Å². The van der Waals surface area contributed by atoms with Crippen molar-refractivity contribution in [2.75, 3.05) is 0 Å². The number of alkyl halides is 6. The summed E-state index contributed by atoms with van der Waals surface area (Å²) in [5.41, 5.74) is -1.77. The van der Waals surface area contributed by atoms with E-state index in [0.717, 1.165) is 0 Å². The molecule has 0 aromatic carbocycles. The highest BCUT2D eigenvalue weighted by molar-refractivity contribution is 4.74. The van der Waals surface area contributed by atoms with Gasteiger partial charge in [-0.15, -0.1) is 0 Å². The minimum atomic E-state index is -4.02. The highest BCUT2D eigenvalue weighted by Crippen LogP contribution is 2.32. The standard InChI is InChI=1S/C8H17F.C6H11F3.C6H12F2/c1-7(2,3)6-8(4,5)9;1-5(2,3)4-6(7,8)9;1-6(2,3)4-5(7)8/h6H2,1-5H3;4H2,1-3H3;5H,4H2,1-3H3. The zero-order chi connectivity index (χ0) is 22.2. The fourth-order valence-electron chi connectivity index (χ4n) is 2.33. The molecule has 162 valence electrons. The summed E-state index contributed by atoms with van der Waals surface area (Å²) in [6.07, 6.45) is -6.26. The number of hydrogen-bond donors (Lipinski definition) is 0. The molecular formula is C20H40F6. The summed E-state index contributed by atoms with van der Waals surface area (Å²) in [4.78, 5) is 0. The first-order chi connectivity index (χ1) is 10.8. The molecule has 0 unspecified atom stereocenters. The van der Waals surface area contributed by atoms with Crippen LogP contribution in [0.1, 0.15) is 95.4 Å². The van der Waals surface area contributed by atoms with Crippen molar-refractivity contribution in [3.63, 3.8) is 0 Å². The van der Waals surface area contributed by atoms with E-state index >= 15 is 0 Å². The van der Waals surface area contributed by atoms with Crippen molar-refractivity contribution in [1.82, 2.24) is 0 Å². The maximum atomic E-state index is 12.9. The molecule has 0 heterocycles. The van der Waals surface area contributed by atoms with Crippen molar-refractivity contribution < 1.29 is 26.3 Å². The first kappa shape index (κ1) is 30.3. The maximum Gasteiger partial charge on any atom is 0.389 e. The van der Waals surface area contributed by atoms with E-state index in [-0.39, 0.29) is 17.3 Å². The third kappa shape index (κ3) is 43.7. The SMILES string of the molecule is CC(C)(C)CC(C)(C)F.CC(C)(C)CC(F)(F)F.CC(C)(C)CC(F)F. The van der Waals surface area contributed by atoms with Crippen LogP contribution in [-0.2, 0) is 0 Å². The van der Waals surface area contributed by atoms with E-state index in [2.05, 4.69) is 0 Å². The van der Waals surface area contributed by atoms with Crippen molar-refractivity contribution in [1.29, 1.82) is 0 Å². The molecule has 26 heavy (non-hydrogen) atoms. The van der Waals surface area contributed by atoms with Crippen LogP contribution in [-0.4, -0.2) is 18.3 Å². The van der Waals surface area contributed by atoms with Gasteiger partial charge < -0.3 is 0 Å². The van der Waals surface area contributed by atoms with Gasteiger partial charge in [0, 0.05) is 12.8 Å². The second-order valence-corrected chi connectivity index (χ2v) is 11.0. The Morgan fingerprint density at radius 1 is 0.538 bits per heavy atom. The van der Waals surface area contributed by atoms with Gasteiger partial charge in [0.15, 0.2) is 0 Å². The molecule has 0 amide bonds. The topological polar surface area (TPSA) is 0 Å². The zero-order valence-electron chi connectivity index (χ0n) is 18.5. The third-order valence-corrected chi connectivity index (χ3v) is 2.45. The second-order valence-electron chi connectivity index (χ2n) is 11.0. The van der Waals surface area contributed by atoms with Crippen molar-refractivity contribution in [2.45, 2.75) is 114 Å². The zero-order valence-corrected chi connectivity index (χ0v) is 18.5. The minimum absolute atomic E-state index is 0.00694. The monoisotopic (exact) mass is 394 g/mol. The van der Waals surface area contributed by atoms with Crippen LogP contribution in [0.4, 0.5) is 26.3 Å². The van der Waals surface area contributed by atoms with Crippen molar-refractivity contribution in [3.8, 4) is 0 Å². The predicted molar refractivity (Wildman–Crippen MR) is 99.5 cm³/mol. The first-order valence-corrected chi connectivity index (χ1v) is 8.87. The summed E-state index contributed by atoms with van der Waals surface area (Å²) < 4.78 is 70.6. The van der Waals surface area contributed by atoms with Gasteiger partial charge in [0.25, 0.3) is 0 Å². The van der Waals surface area contributed by atoms with E-state index in [1.165, 1.54) is 0 Å². The van der Waals surface area contributed by atoms with Crippen LogP contribution in [0, 0.1) is 16.2 Å². The lowest BCUT2D eigenvalue weighted by atomic mass is 9.85. The van der Waals surface area contributed by atoms with Crippen LogP contribution >= 0.6 is 0 Å². The van der Waals surface area contributed by atoms with E-state index in [0.29, 0.717) is 6.42 Å². The van der Waals surface area contributed by atoms with Crippen LogP contribution in [0.3, 0.4) is 0 Å². The highest BCUT2D eigenvalue weighted by atomic mass is 19.4.